The molecular formula is C20H23N3O2. The third kappa shape index (κ3) is 3.87. The number of rotatable bonds is 6. The standard InChI is InChI=1S/C20H23N3O2/c24-20(17-13-21-9-10-22-17)23-11-8-19(25-14-16-6-7-16)18(23)12-15-4-2-1-3-5-15/h1-5,9-10,13,16,18-19H,6-8,11-12,14H2/t18-,19-/m0/s1. The number of benzene rings is 1. The van der Waals surface area contributed by atoms with Crippen molar-refractivity contribution in [2.75, 3.05) is 13.2 Å². The number of nitrogens with zero attached hydrogens (tertiary/aromatic N) is 3. The van der Waals surface area contributed by atoms with Crippen LogP contribution in [-0.2, 0) is 11.2 Å². The van der Waals surface area contributed by atoms with Crippen molar-refractivity contribution in [2.24, 2.45) is 5.92 Å². The Kier molecular flexibility index (Phi) is 4.74. The lowest BCUT2D eigenvalue weighted by Crippen LogP contribution is -2.42. The largest absolute Gasteiger partial charge is 0.376 e. The minimum Gasteiger partial charge on any atom is -0.376 e. The van der Waals surface area contributed by atoms with Crippen molar-refractivity contribution in [1.29, 1.82) is 0 Å². The van der Waals surface area contributed by atoms with E-state index < -0.39 is 0 Å². The maximum Gasteiger partial charge on any atom is 0.274 e. The lowest BCUT2D eigenvalue weighted by Gasteiger charge is -2.28. The van der Waals surface area contributed by atoms with E-state index in [0.29, 0.717) is 12.2 Å². The summed E-state index contributed by atoms with van der Waals surface area (Å²) in [6.45, 7) is 1.53. The van der Waals surface area contributed by atoms with E-state index >= 15 is 0 Å². The van der Waals surface area contributed by atoms with Gasteiger partial charge in [0.2, 0.25) is 0 Å². The van der Waals surface area contributed by atoms with Gasteiger partial charge >= 0.3 is 0 Å². The van der Waals surface area contributed by atoms with Crippen LogP contribution in [0.4, 0.5) is 0 Å². The summed E-state index contributed by atoms with van der Waals surface area (Å²) in [5.41, 5.74) is 1.63. The van der Waals surface area contributed by atoms with Gasteiger partial charge in [0, 0.05) is 25.5 Å². The Morgan fingerprint density at radius 1 is 1.16 bits per heavy atom. The fourth-order valence-corrected chi connectivity index (χ4v) is 3.47. The van der Waals surface area contributed by atoms with Crippen LogP contribution in [0.3, 0.4) is 0 Å². The number of hydrogen-bond acceptors (Lipinski definition) is 4. The molecule has 0 radical (unpaired) electrons. The summed E-state index contributed by atoms with van der Waals surface area (Å²) in [7, 11) is 0. The Bertz CT molecular complexity index is 703. The van der Waals surface area contributed by atoms with Gasteiger partial charge in [-0.3, -0.25) is 9.78 Å². The molecule has 2 heterocycles. The van der Waals surface area contributed by atoms with Crippen molar-refractivity contribution < 1.29 is 9.53 Å². The Labute approximate surface area is 148 Å². The maximum absolute atomic E-state index is 12.9. The highest BCUT2D eigenvalue weighted by Gasteiger charge is 2.39. The monoisotopic (exact) mass is 337 g/mol. The van der Waals surface area contributed by atoms with E-state index in [1.54, 1.807) is 18.6 Å². The smallest absolute Gasteiger partial charge is 0.274 e. The van der Waals surface area contributed by atoms with Gasteiger partial charge in [-0.25, -0.2) is 4.98 Å². The van der Waals surface area contributed by atoms with Crippen molar-refractivity contribution in [3.05, 3.63) is 60.2 Å². The highest BCUT2D eigenvalue weighted by atomic mass is 16.5. The van der Waals surface area contributed by atoms with Gasteiger partial charge in [0.25, 0.3) is 5.91 Å². The molecule has 2 atom stereocenters. The molecule has 1 aliphatic carbocycles. The molecule has 5 nitrogen and oxygen atoms in total. The summed E-state index contributed by atoms with van der Waals surface area (Å²) in [6.07, 6.45) is 9.04. The van der Waals surface area contributed by atoms with E-state index in [0.717, 1.165) is 25.4 Å². The van der Waals surface area contributed by atoms with Crippen LogP contribution < -0.4 is 0 Å². The van der Waals surface area contributed by atoms with Crippen LogP contribution in [0, 0.1) is 5.92 Å². The summed E-state index contributed by atoms with van der Waals surface area (Å²) in [6, 6.07) is 10.4. The molecule has 1 aromatic carbocycles. The zero-order valence-corrected chi connectivity index (χ0v) is 14.3. The first-order chi connectivity index (χ1) is 12.3. The first-order valence-electron chi connectivity index (χ1n) is 9.04. The van der Waals surface area contributed by atoms with E-state index in [-0.39, 0.29) is 18.1 Å². The normalized spacial score (nSPS) is 23.0. The third-order valence-corrected chi connectivity index (χ3v) is 5.06. The molecule has 0 bridgehead atoms. The van der Waals surface area contributed by atoms with Crippen LogP contribution in [0.25, 0.3) is 0 Å². The summed E-state index contributed by atoms with van der Waals surface area (Å²) in [5.74, 6) is 0.675. The van der Waals surface area contributed by atoms with Gasteiger partial charge in [-0.05, 0) is 37.2 Å². The Hall–Kier alpha value is -2.27. The Balaban J connectivity index is 1.52. The molecule has 0 spiro atoms. The van der Waals surface area contributed by atoms with Crippen LogP contribution in [0.15, 0.2) is 48.9 Å². The highest BCUT2D eigenvalue weighted by Crippen LogP contribution is 2.32. The number of carbonyl (C=O) groups is 1. The third-order valence-electron chi connectivity index (χ3n) is 5.06. The first-order valence-corrected chi connectivity index (χ1v) is 9.04. The van der Waals surface area contributed by atoms with Crippen LogP contribution in [-0.4, -0.2) is 46.1 Å². The number of hydrogen-bond donors (Lipinski definition) is 0. The molecule has 1 aromatic heterocycles. The quantitative estimate of drug-likeness (QED) is 0.813. The molecule has 2 fully saturated rings. The second kappa shape index (κ2) is 7.31. The van der Waals surface area contributed by atoms with Gasteiger partial charge in [0.15, 0.2) is 0 Å². The molecule has 25 heavy (non-hydrogen) atoms. The van der Waals surface area contributed by atoms with E-state index in [1.807, 2.05) is 23.1 Å². The van der Waals surface area contributed by atoms with Crippen LogP contribution >= 0.6 is 0 Å². The molecular weight excluding hydrogens is 314 g/mol. The molecule has 130 valence electrons. The molecule has 1 aliphatic heterocycles. The summed E-state index contributed by atoms with van der Waals surface area (Å²) < 4.78 is 6.20. The molecule has 0 unspecified atom stereocenters. The zero-order chi connectivity index (χ0) is 17.1. The molecule has 1 amide bonds. The molecule has 2 aromatic rings. The van der Waals surface area contributed by atoms with Gasteiger partial charge in [-0.1, -0.05) is 30.3 Å². The summed E-state index contributed by atoms with van der Waals surface area (Å²) >= 11 is 0. The van der Waals surface area contributed by atoms with Crippen molar-refractivity contribution in [2.45, 2.75) is 37.8 Å². The van der Waals surface area contributed by atoms with Crippen molar-refractivity contribution >= 4 is 5.91 Å². The maximum atomic E-state index is 12.9. The Morgan fingerprint density at radius 2 is 2.00 bits per heavy atom. The fraction of sp³-hybridized carbons (Fsp3) is 0.450. The molecule has 1 saturated heterocycles. The predicted molar refractivity (Wildman–Crippen MR) is 94.1 cm³/mol. The van der Waals surface area contributed by atoms with E-state index in [2.05, 4.69) is 22.1 Å². The van der Waals surface area contributed by atoms with Gasteiger partial charge < -0.3 is 9.64 Å². The van der Waals surface area contributed by atoms with Crippen LogP contribution in [0.1, 0.15) is 35.3 Å². The van der Waals surface area contributed by atoms with Gasteiger partial charge in [0.1, 0.15) is 5.69 Å². The van der Waals surface area contributed by atoms with Crippen molar-refractivity contribution in [3.63, 3.8) is 0 Å². The van der Waals surface area contributed by atoms with Gasteiger partial charge in [0.05, 0.1) is 18.3 Å². The SMILES string of the molecule is O=C(c1cnccn1)N1CC[C@H](OCC2CC2)[C@@H]1Cc1ccccc1. The number of amides is 1. The Morgan fingerprint density at radius 3 is 2.72 bits per heavy atom. The van der Waals surface area contributed by atoms with Gasteiger partial charge in [-0.2, -0.15) is 0 Å². The molecule has 0 N–H and O–H groups in total. The number of ether oxygens (including phenoxy) is 1. The van der Waals surface area contributed by atoms with E-state index in [1.165, 1.54) is 18.4 Å². The topological polar surface area (TPSA) is 55.3 Å². The molecule has 4 rings (SSSR count). The zero-order valence-electron chi connectivity index (χ0n) is 14.3. The molecule has 5 heteroatoms. The van der Waals surface area contributed by atoms with Crippen LogP contribution in [0.2, 0.25) is 0 Å². The lowest BCUT2D eigenvalue weighted by molar-refractivity contribution is 0.0198. The second-order valence-electron chi connectivity index (χ2n) is 6.95. The summed E-state index contributed by atoms with van der Waals surface area (Å²) in [4.78, 5) is 23.0. The van der Waals surface area contributed by atoms with Crippen molar-refractivity contribution in [3.8, 4) is 0 Å². The average Bonchev–Trinajstić information content (AvgIpc) is 3.42. The highest BCUT2D eigenvalue weighted by molar-refractivity contribution is 5.92. The summed E-state index contributed by atoms with van der Waals surface area (Å²) in [5, 5.41) is 0. The predicted octanol–water partition coefficient (Wildman–Crippen LogP) is 2.73. The van der Waals surface area contributed by atoms with E-state index in [4.69, 9.17) is 4.74 Å². The second-order valence-corrected chi connectivity index (χ2v) is 6.95. The number of likely N-dealkylation sites (tertiary alicyclic amines) is 1. The van der Waals surface area contributed by atoms with Crippen molar-refractivity contribution in [1.82, 2.24) is 14.9 Å². The van der Waals surface area contributed by atoms with Gasteiger partial charge in [-0.15, -0.1) is 0 Å². The number of aromatic nitrogens is 2. The fourth-order valence-electron chi connectivity index (χ4n) is 3.47. The van der Waals surface area contributed by atoms with E-state index in [9.17, 15) is 4.79 Å². The average molecular weight is 337 g/mol. The number of carbonyl (C=O) groups excluding carboxylic acids is 1. The minimum atomic E-state index is -0.0495. The molecule has 2 aliphatic rings. The minimum absolute atomic E-state index is 0.0495. The van der Waals surface area contributed by atoms with Crippen LogP contribution in [0.5, 0.6) is 0 Å². The molecule has 1 saturated carbocycles. The first kappa shape index (κ1) is 16.2. The lowest BCUT2D eigenvalue weighted by atomic mass is 10.0.